The van der Waals surface area contributed by atoms with E-state index in [9.17, 15) is 0 Å². The normalized spacial score (nSPS) is 17.2. The first-order valence-corrected chi connectivity index (χ1v) is 15.1. The van der Waals surface area contributed by atoms with Gasteiger partial charge in [-0.25, -0.2) is 0 Å². The maximum atomic E-state index is 2.55. The third-order valence-electron chi connectivity index (χ3n) is 6.80. The second-order valence-corrected chi connectivity index (χ2v) is 13.4. The van der Waals surface area contributed by atoms with Crippen molar-refractivity contribution >= 4 is 24.6 Å². The first-order chi connectivity index (χ1) is 16.3. The van der Waals surface area contributed by atoms with Crippen LogP contribution in [0.5, 0.6) is 0 Å². The molecule has 0 nitrogen and oxygen atoms in total. The van der Waals surface area contributed by atoms with Crippen LogP contribution in [0.1, 0.15) is 54.9 Å². The molecule has 3 aromatic rings. The molecular weight excluding hydrogens is 451 g/mol. The molecule has 0 amide bonds. The summed E-state index contributed by atoms with van der Waals surface area (Å²) in [6.07, 6.45) is 10.1. The molecule has 0 spiro atoms. The fourth-order valence-corrected chi connectivity index (χ4v) is 10.8. The van der Waals surface area contributed by atoms with E-state index in [0.717, 1.165) is 0 Å². The number of rotatable bonds is 8. The van der Waals surface area contributed by atoms with Crippen molar-refractivity contribution in [3.63, 3.8) is 0 Å². The van der Waals surface area contributed by atoms with Crippen LogP contribution in [0.3, 0.4) is 0 Å². The SMILES string of the molecule is CCCCC1=CC[C]([Ti][CH]2C(P(c3ccccc3)c3ccccc3)=Cc3ccccc32)=C1C. The van der Waals surface area contributed by atoms with Gasteiger partial charge in [0, 0.05) is 0 Å². The van der Waals surface area contributed by atoms with Crippen LogP contribution in [0, 0.1) is 0 Å². The average molecular weight is 482 g/mol. The Hall–Kier alpha value is -1.98. The Morgan fingerprint density at radius 3 is 2.15 bits per heavy atom. The molecule has 0 fully saturated rings. The minimum atomic E-state index is -0.540. The van der Waals surface area contributed by atoms with Crippen LogP contribution in [0.2, 0.25) is 0 Å². The summed E-state index contributed by atoms with van der Waals surface area (Å²) in [6, 6.07) is 31.6. The van der Waals surface area contributed by atoms with E-state index in [1.165, 1.54) is 41.9 Å². The summed E-state index contributed by atoms with van der Waals surface area (Å²) in [7, 11) is -0.540. The van der Waals surface area contributed by atoms with Crippen molar-refractivity contribution in [2.75, 3.05) is 0 Å². The molecule has 1 atom stereocenters. The summed E-state index contributed by atoms with van der Waals surface area (Å²) in [5, 5.41) is 4.59. The zero-order valence-electron chi connectivity index (χ0n) is 19.6. The van der Waals surface area contributed by atoms with Gasteiger partial charge in [0.1, 0.15) is 0 Å². The van der Waals surface area contributed by atoms with E-state index in [1.807, 2.05) is 0 Å². The summed E-state index contributed by atoms with van der Waals surface area (Å²) >= 11 is -0.311. The number of benzene rings is 3. The molecule has 0 bridgehead atoms. The topological polar surface area (TPSA) is 0 Å². The molecule has 0 heterocycles. The number of allylic oxidation sites excluding steroid dienone is 5. The summed E-state index contributed by atoms with van der Waals surface area (Å²) in [5.41, 5.74) is 6.25. The standard InChI is InChI=1S/C21H16P.C10H15.Ti/c1-3-11-19(12-4-1)22(20-13-5-2-6-14-20)21-15-17-9-7-8-10-18(17)16-21;1-3-4-7-10-8-5-6-9(10)2;/h1-16H;8H,3-5,7H2,1-2H3;. The number of fused-ring (bicyclic) bond motifs is 1. The molecular formula is C31H31PTi. The summed E-state index contributed by atoms with van der Waals surface area (Å²) in [5.74, 6) is 0. The van der Waals surface area contributed by atoms with Gasteiger partial charge in [0.15, 0.2) is 0 Å². The molecule has 0 N–H and O–H groups in total. The minimum absolute atomic E-state index is 0.311. The summed E-state index contributed by atoms with van der Waals surface area (Å²) in [6.45, 7) is 4.69. The molecule has 0 saturated carbocycles. The molecule has 5 rings (SSSR count). The Balaban J connectivity index is 1.55. The van der Waals surface area contributed by atoms with E-state index in [2.05, 4.69) is 111 Å². The van der Waals surface area contributed by atoms with Crippen molar-refractivity contribution in [1.29, 1.82) is 0 Å². The fraction of sp³-hybridized carbons (Fsp3) is 0.226. The van der Waals surface area contributed by atoms with Gasteiger partial charge in [0.05, 0.1) is 0 Å². The fourth-order valence-electron chi connectivity index (χ4n) is 4.98. The zero-order chi connectivity index (χ0) is 22.6. The molecule has 33 heavy (non-hydrogen) atoms. The van der Waals surface area contributed by atoms with E-state index in [-0.39, 0.29) is 19.2 Å². The van der Waals surface area contributed by atoms with E-state index in [1.54, 1.807) is 25.9 Å². The Kier molecular flexibility index (Phi) is 7.27. The van der Waals surface area contributed by atoms with Gasteiger partial charge >= 0.3 is 210 Å². The van der Waals surface area contributed by atoms with Crippen molar-refractivity contribution in [2.24, 2.45) is 0 Å². The van der Waals surface area contributed by atoms with Crippen LogP contribution in [0.4, 0.5) is 0 Å². The van der Waals surface area contributed by atoms with Crippen molar-refractivity contribution in [3.8, 4) is 0 Å². The van der Waals surface area contributed by atoms with Crippen LogP contribution in [0.25, 0.3) is 6.08 Å². The van der Waals surface area contributed by atoms with Crippen LogP contribution in [-0.4, -0.2) is 0 Å². The van der Waals surface area contributed by atoms with Crippen molar-refractivity contribution in [3.05, 3.63) is 122 Å². The second kappa shape index (κ2) is 10.5. The van der Waals surface area contributed by atoms with Gasteiger partial charge in [-0.2, -0.15) is 0 Å². The Labute approximate surface area is 209 Å². The van der Waals surface area contributed by atoms with Crippen molar-refractivity contribution in [1.82, 2.24) is 0 Å². The van der Waals surface area contributed by atoms with Gasteiger partial charge in [-0.05, 0) is 0 Å². The van der Waals surface area contributed by atoms with Gasteiger partial charge in [-0.1, -0.05) is 0 Å². The van der Waals surface area contributed by atoms with Crippen LogP contribution >= 0.6 is 7.92 Å². The molecule has 2 aliphatic rings. The Bertz CT molecular complexity index is 1160. The van der Waals surface area contributed by atoms with Crippen molar-refractivity contribution < 1.29 is 19.2 Å². The molecule has 0 aliphatic heterocycles. The van der Waals surface area contributed by atoms with Crippen LogP contribution in [-0.2, 0) is 19.2 Å². The maximum absolute atomic E-state index is 2.55. The zero-order valence-corrected chi connectivity index (χ0v) is 22.0. The summed E-state index contributed by atoms with van der Waals surface area (Å²) in [4.78, 5) is 0. The predicted molar refractivity (Wildman–Crippen MR) is 141 cm³/mol. The Morgan fingerprint density at radius 1 is 0.848 bits per heavy atom. The van der Waals surface area contributed by atoms with Crippen LogP contribution < -0.4 is 10.6 Å². The van der Waals surface area contributed by atoms with Crippen LogP contribution in [0.15, 0.2) is 111 Å². The molecule has 0 radical (unpaired) electrons. The first-order valence-electron chi connectivity index (χ1n) is 12.1. The van der Waals surface area contributed by atoms with Crippen molar-refractivity contribution in [2.45, 2.75) is 43.8 Å². The third-order valence-corrected chi connectivity index (χ3v) is 12.6. The van der Waals surface area contributed by atoms with E-state index >= 15 is 0 Å². The Morgan fingerprint density at radius 2 is 1.48 bits per heavy atom. The molecule has 3 aromatic carbocycles. The average Bonchev–Trinajstić information content (AvgIpc) is 3.40. The van der Waals surface area contributed by atoms with Gasteiger partial charge in [-0.3, -0.25) is 0 Å². The van der Waals surface area contributed by atoms with E-state index in [0.29, 0.717) is 4.22 Å². The number of hydrogen-bond acceptors (Lipinski definition) is 0. The molecule has 0 saturated heterocycles. The third kappa shape index (κ3) is 4.81. The number of unbranched alkanes of at least 4 members (excludes halogenated alkanes) is 1. The molecule has 0 aromatic heterocycles. The van der Waals surface area contributed by atoms with Gasteiger partial charge < -0.3 is 0 Å². The molecule has 2 heteroatoms. The first kappa shape index (κ1) is 22.8. The van der Waals surface area contributed by atoms with Gasteiger partial charge in [0.2, 0.25) is 0 Å². The summed E-state index contributed by atoms with van der Waals surface area (Å²) < 4.78 is 2.35. The quantitative estimate of drug-likeness (QED) is 0.225. The van der Waals surface area contributed by atoms with E-state index < -0.39 is 7.92 Å². The predicted octanol–water partition coefficient (Wildman–Crippen LogP) is 8.09. The van der Waals surface area contributed by atoms with E-state index in [4.69, 9.17) is 0 Å². The molecule has 2 aliphatic carbocycles. The molecule has 1 unspecified atom stereocenters. The van der Waals surface area contributed by atoms with Gasteiger partial charge in [0.25, 0.3) is 0 Å². The van der Waals surface area contributed by atoms with Gasteiger partial charge in [-0.15, -0.1) is 0 Å². The monoisotopic (exact) mass is 482 g/mol. The number of hydrogen-bond donors (Lipinski definition) is 0. The molecule has 164 valence electrons. The second-order valence-electron chi connectivity index (χ2n) is 8.92.